The molecular formula is C24H24FN5O5. The van der Waals surface area contributed by atoms with E-state index in [0.29, 0.717) is 60.8 Å². The predicted molar refractivity (Wildman–Crippen MR) is 126 cm³/mol. The molecule has 2 fully saturated rings. The van der Waals surface area contributed by atoms with E-state index in [-0.39, 0.29) is 23.3 Å². The van der Waals surface area contributed by atoms with Crippen LogP contribution in [0.3, 0.4) is 0 Å². The number of fused-ring (bicyclic) bond motifs is 3. The molecule has 0 bridgehead atoms. The minimum Gasteiger partial charge on any atom is -0.474 e. The zero-order chi connectivity index (χ0) is 24.1. The largest absolute Gasteiger partial charge is 0.474 e. The summed E-state index contributed by atoms with van der Waals surface area (Å²) in [7, 11) is 0. The lowest BCUT2D eigenvalue weighted by molar-refractivity contribution is -0.0939. The minimum atomic E-state index is -0.689. The van der Waals surface area contributed by atoms with Crippen LogP contribution < -0.4 is 21.1 Å². The molecule has 1 aromatic carbocycles. The molecule has 3 aliphatic rings. The van der Waals surface area contributed by atoms with E-state index in [2.05, 4.69) is 20.6 Å². The topological polar surface area (TPSA) is 130 Å². The second kappa shape index (κ2) is 8.51. The molecule has 1 amide bonds. The standard InChI is InChI=1S/C24H24FN5O5/c1-11-15(6-29-22-21(11)27-2-3-33-22)14-4-12-5-18(28-7-16(12)20(26)19(14)25)30-24(31)35-23-17-10-32-8-13(17)9-34-23/h4-7,13,17,23,27H,2-3,8-10,26H2,1H3,(H,28,30,31)/t13-,17-,23+/m1/s1. The van der Waals surface area contributed by atoms with Gasteiger partial charge in [0.05, 0.1) is 31.4 Å². The first kappa shape index (κ1) is 21.8. The molecule has 0 radical (unpaired) electrons. The Bertz CT molecular complexity index is 1340. The van der Waals surface area contributed by atoms with E-state index < -0.39 is 18.2 Å². The van der Waals surface area contributed by atoms with Gasteiger partial charge < -0.3 is 30.0 Å². The molecule has 6 rings (SSSR count). The van der Waals surface area contributed by atoms with Crippen molar-refractivity contribution in [1.29, 1.82) is 0 Å². The van der Waals surface area contributed by atoms with Crippen LogP contribution >= 0.6 is 0 Å². The van der Waals surface area contributed by atoms with Gasteiger partial charge in [-0.3, -0.25) is 5.32 Å². The van der Waals surface area contributed by atoms with Crippen molar-refractivity contribution in [3.8, 4) is 17.0 Å². The Balaban J connectivity index is 1.29. The van der Waals surface area contributed by atoms with Crippen molar-refractivity contribution >= 4 is 34.1 Å². The summed E-state index contributed by atoms with van der Waals surface area (Å²) in [5.41, 5.74) is 8.52. The summed E-state index contributed by atoms with van der Waals surface area (Å²) in [6.45, 7) is 4.65. The molecule has 3 aromatic rings. The number of halogens is 1. The lowest BCUT2D eigenvalue weighted by atomic mass is 9.97. The Hall–Kier alpha value is -3.70. The quantitative estimate of drug-likeness (QED) is 0.483. The van der Waals surface area contributed by atoms with Crippen molar-refractivity contribution in [3.63, 3.8) is 0 Å². The molecule has 11 heteroatoms. The number of rotatable bonds is 3. The number of carbonyl (C=O) groups is 1. The number of pyridine rings is 2. The fourth-order valence-corrected chi connectivity index (χ4v) is 4.85. The van der Waals surface area contributed by atoms with Crippen LogP contribution in [0, 0.1) is 24.6 Å². The number of hydrogen-bond donors (Lipinski definition) is 3. The average Bonchev–Trinajstić information content (AvgIpc) is 3.47. The van der Waals surface area contributed by atoms with E-state index in [1.54, 1.807) is 18.3 Å². The van der Waals surface area contributed by atoms with Gasteiger partial charge in [0.25, 0.3) is 0 Å². The van der Waals surface area contributed by atoms with Gasteiger partial charge in [0, 0.05) is 41.4 Å². The molecule has 0 saturated carbocycles. The Morgan fingerprint density at radius 3 is 3.00 bits per heavy atom. The van der Waals surface area contributed by atoms with E-state index >= 15 is 4.39 Å². The molecule has 0 unspecified atom stereocenters. The number of nitrogens with one attached hydrogen (secondary N) is 2. The number of nitrogens with two attached hydrogens (primary N) is 1. The van der Waals surface area contributed by atoms with Gasteiger partial charge in [0.1, 0.15) is 18.1 Å². The lowest BCUT2D eigenvalue weighted by Gasteiger charge is -2.22. The maximum absolute atomic E-state index is 15.3. The van der Waals surface area contributed by atoms with Gasteiger partial charge in [0.2, 0.25) is 12.2 Å². The van der Waals surface area contributed by atoms with Gasteiger partial charge in [-0.15, -0.1) is 0 Å². The molecule has 2 aromatic heterocycles. The molecule has 35 heavy (non-hydrogen) atoms. The normalized spacial score (nSPS) is 22.7. The van der Waals surface area contributed by atoms with Gasteiger partial charge in [0.15, 0.2) is 5.82 Å². The summed E-state index contributed by atoms with van der Waals surface area (Å²) in [5.74, 6) is 0.442. The molecule has 4 N–H and O–H groups in total. The Morgan fingerprint density at radius 2 is 2.11 bits per heavy atom. The van der Waals surface area contributed by atoms with E-state index in [9.17, 15) is 4.79 Å². The molecule has 0 aliphatic carbocycles. The Morgan fingerprint density at radius 1 is 1.23 bits per heavy atom. The van der Waals surface area contributed by atoms with Crippen LogP contribution in [0.4, 0.5) is 26.4 Å². The second-order valence-electron chi connectivity index (χ2n) is 8.89. The maximum atomic E-state index is 15.3. The molecule has 2 saturated heterocycles. The summed E-state index contributed by atoms with van der Waals surface area (Å²) >= 11 is 0. The third-order valence-electron chi connectivity index (χ3n) is 6.76. The summed E-state index contributed by atoms with van der Waals surface area (Å²) in [5, 5.41) is 6.91. The monoisotopic (exact) mass is 481 g/mol. The molecule has 10 nitrogen and oxygen atoms in total. The van der Waals surface area contributed by atoms with Gasteiger partial charge in [-0.1, -0.05) is 0 Å². The van der Waals surface area contributed by atoms with Crippen molar-refractivity contribution < 1.29 is 28.1 Å². The van der Waals surface area contributed by atoms with Gasteiger partial charge in [-0.25, -0.2) is 19.2 Å². The van der Waals surface area contributed by atoms with Crippen LogP contribution in [0.15, 0.2) is 24.5 Å². The molecular weight excluding hydrogens is 457 g/mol. The van der Waals surface area contributed by atoms with E-state index in [1.807, 2.05) is 6.92 Å². The van der Waals surface area contributed by atoms with E-state index in [1.165, 1.54) is 6.20 Å². The highest BCUT2D eigenvalue weighted by Crippen LogP contribution is 2.39. The number of benzene rings is 1. The van der Waals surface area contributed by atoms with Crippen molar-refractivity contribution in [1.82, 2.24) is 9.97 Å². The smallest absolute Gasteiger partial charge is 0.415 e. The van der Waals surface area contributed by atoms with Crippen LogP contribution in [0.1, 0.15) is 5.56 Å². The Kier molecular flexibility index (Phi) is 5.30. The van der Waals surface area contributed by atoms with Crippen LogP contribution in [0.2, 0.25) is 0 Å². The highest BCUT2D eigenvalue weighted by Gasteiger charge is 2.43. The fraction of sp³-hybridized carbons (Fsp3) is 0.375. The van der Waals surface area contributed by atoms with Gasteiger partial charge >= 0.3 is 6.09 Å². The third kappa shape index (κ3) is 3.76. The number of carbonyl (C=O) groups excluding carboxylic acids is 1. The molecule has 5 heterocycles. The predicted octanol–water partition coefficient (Wildman–Crippen LogP) is 3.30. The lowest BCUT2D eigenvalue weighted by Crippen LogP contribution is -2.28. The van der Waals surface area contributed by atoms with Crippen LogP contribution in [0.5, 0.6) is 5.88 Å². The number of nitrogens with zero attached hydrogens (tertiary/aromatic N) is 2. The van der Waals surface area contributed by atoms with E-state index in [4.69, 9.17) is 24.7 Å². The number of hydrogen-bond acceptors (Lipinski definition) is 9. The summed E-state index contributed by atoms with van der Waals surface area (Å²) in [6, 6.07) is 3.29. The molecule has 0 spiro atoms. The van der Waals surface area contributed by atoms with Crippen LogP contribution in [0.25, 0.3) is 21.9 Å². The number of ether oxygens (including phenoxy) is 4. The Labute approximate surface area is 199 Å². The van der Waals surface area contributed by atoms with Crippen molar-refractivity contribution in [2.45, 2.75) is 13.2 Å². The summed E-state index contributed by atoms with van der Waals surface area (Å²) < 4.78 is 37.4. The second-order valence-corrected chi connectivity index (χ2v) is 8.89. The first-order valence-corrected chi connectivity index (χ1v) is 11.4. The van der Waals surface area contributed by atoms with Crippen molar-refractivity contribution in [3.05, 3.63) is 35.9 Å². The number of anilines is 3. The fourth-order valence-electron chi connectivity index (χ4n) is 4.85. The van der Waals surface area contributed by atoms with Crippen LogP contribution in [-0.2, 0) is 14.2 Å². The first-order valence-electron chi connectivity index (χ1n) is 11.4. The van der Waals surface area contributed by atoms with Crippen molar-refractivity contribution in [2.75, 3.05) is 49.3 Å². The maximum Gasteiger partial charge on any atom is 0.415 e. The summed E-state index contributed by atoms with van der Waals surface area (Å²) in [4.78, 5) is 21.0. The number of aromatic nitrogens is 2. The average molecular weight is 481 g/mol. The molecule has 182 valence electrons. The minimum absolute atomic E-state index is 0.0315. The molecule has 3 atom stereocenters. The van der Waals surface area contributed by atoms with Gasteiger partial charge in [-0.05, 0) is 30.0 Å². The zero-order valence-corrected chi connectivity index (χ0v) is 19.0. The van der Waals surface area contributed by atoms with E-state index in [0.717, 1.165) is 11.3 Å². The van der Waals surface area contributed by atoms with Crippen molar-refractivity contribution in [2.24, 2.45) is 11.8 Å². The molecule has 3 aliphatic heterocycles. The highest BCUT2D eigenvalue weighted by atomic mass is 19.1. The SMILES string of the molecule is Cc1c(-c2cc3cc(NC(=O)O[C@@H]4OC[C@H]5COC[C@H]54)ncc3c(N)c2F)cnc2c1NCCO2. The first-order chi connectivity index (χ1) is 17.0. The number of nitrogen functional groups attached to an aromatic ring is 1. The highest BCUT2D eigenvalue weighted by molar-refractivity contribution is 5.99. The summed E-state index contributed by atoms with van der Waals surface area (Å²) in [6.07, 6.45) is 1.65. The van der Waals surface area contributed by atoms with Crippen LogP contribution in [-0.4, -0.2) is 55.3 Å². The third-order valence-corrected chi connectivity index (χ3v) is 6.76. The van der Waals surface area contributed by atoms with Gasteiger partial charge in [-0.2, -0.15) is 0 Å². The zero-order valence-electron chi connectivity index (χ0n) is 19.0. The number of amides is 1.